The zero-order valence-corrected chi connectivity index (χ0v) is 18.2. The van der Waals surface area contributed by atoms with Crippen molar-refractivity contribution in [2.24, 2.45) is 0 Å². The number of nitrogens with zero attached hydrogens (tertiary/aromatic N) is 2. The van der Waals surface area contributed by atoms with Crippen molar-refractivity contribution in [1.29, 1.82) is 0 Å². The van der Waals surface area contributed by atoms with Gasteiger partial charge in [-0.1, -0.05) is 24.3 Å². The standard InChI is InChI=1S/C26H16N2O8/c29-23(30)17-5-15(6-18(9-17)24(31)32)13-1-3-14(4-2-13)21-11-27-22(28-12-21)16-7-19(25(33)34)10-20(8-16)26(35)36/h1-12H,(H,29,30)(H,31,32)(H,33,34)(H,35,36). The first-order chi connectivity index (χ1) is 17.1. The van der Waals surface area contributed by atoms with E-state index in [2.05, 4.69) is 9.97 Å². The van der Waals surface area contributed by atoms with Crippen LogP contribution in [0, 0.1) is 0 Å². The van der Waals surface area contributed by atoms with Crippen LogP contribution in [-0.2, 0) is 0 Å². The molecular formula is C26H16N2O8. The second-order valence-electron chi connectivity index (χ2n) is 7.69. The first kappa shape index (κ1) is 23.8. The molecule has 4 N–H and O–H groups in total. The Balaban J connectivity index is 1.64. The third kappa shape index (κ3) is 4.92. The van der Waals surface area contributed by atoms with Gasteiger partial charge in [-0.2, -0.15) is 0 Å². The molecule has 0 aliphatic heterocycles. The van der Waals surface area contributed by atoms with Crippen LogP contribution in [0.2, 0.25) is 0 Å². The maximum absolute atomic E-state index is 11.4. The highest BCUT2D eigenvalue weighted by Gasteiger charge is 2.15. The van der Waals surface area contributed by atoms with Crippen LogP contribution < -0.4 is 0 Å². The van der Waals surface area contributed by atoms with Gasteiger partial charge in [0.15, 0.2) is 5.82 Å². The lowest BCUT2D eigenvalue weighted by atomic mass is 9.98. The quantitative estimate of drug-likeness (QED) is 0.296. The van der Waals surface area contributed by atoms with E-state index in [0.29, 0.717) is 22.3 Å². The SMILES string of the molecule is O=C(O)c1cc(C(=O)O)cc(-c2ccc(-c3cnc(-c4cc(C(=O)O)cc(C(=O)O)c4)nc3)cc2)c1. The largest absolute Gasteiger partial charge is 0.478 e. The van der Waals surface area contributed by atoms with Gasteiger partial charge in [-0.25, -0.2) is 29.1 Å². The number of rotatable bonds is 7. The number of aromatic carboxylic acids is 4. The van der Waals surface area contributed by atoms with Crippen LogP contribution in [0.15, 0.2) is 73.1 Å². The number of carboxylic acids is 4. The van der Waals surface area contributed by atoms with Gasteiger partial charge in [0.05, 0.1) is 22.3 Å². The molecule has 0 spiro atoms. The van der Waals surface area contributed by atoms with Crippen LogP contribution in [0.1, 0.15) is 41.4 Å². The van der Waals surface area contributed by atoms with Crippen LogP contribution >= 0.6 is 0 Å². The van der Waals surface area contributed by atoms with E-state index in [0.717, 1.165) is 12.1 Å². The van der Waals surface area contributed by atoms with E-state index >= 15 is 0 Å². The predicted molar refractivity (Wildman–Crippen MR) is 126 cm³/mol. The van der Waals surface area contributed by atoms with Crippen molar-refractivity contribution in [3.63, 3.8) is 0 Å². The van der Waals surface area contributed by atoms with Gasteiger partial charge in [0.1, 0.15) is 0 Å². The van der Waals surface area contributed by atoms with Crippen LogP contribution in [0.3, 0.4) is 0 Å². The fraction of sp³-hybridized carbons (Fsp3) is 0. The van der Waals surface area contributed by atoms with Crippen molar-refractivity contribution in [2.45, 2.75) is 0 Å². The summed E-state index contributed by atoms with van der Waals surface area (Å²) in [4.78, 5) is 53.9. The summed E-state index contributed by atoms with van der Waals surface area (Å²) in [5.74, 6) is -4.89. The highest BCUT2D eigenvalue weighted by molar-refractivity contribution is 5.97. The Morgan fingerprint density at radius 2 is 0.778 bits per heavy atom. The molecule has 0 saturated heterocycles. The lowest BCUT2D eigenvalue weighted by Gasteiger charge is -2.08. The molecule has 36 heavy (non-hydrogen) atoms. The zero-order chi connectivity index (χ0) is 26.0. The molecule has 0 amide bonds. The zero-order valence-electron chi connectivity index (χ0n) is 18.2. The van der Waals surface area contributed by atoms with Crippen molar-refractivity contribution in [3.05, 3.63) is 95.3 Å². The lowest BCUT2D eigenvalue weighted by molar-refractivity contribution is 0.0676. The third-order valence-corrected chi connectivity index (χ3v) is 5.32. The molecule has 4 rings (SSSR count). The number of carbonyl (C=O) groups is 4. The minimum absolute atomic E-state index is 0.143. The Kier molecular flexibility index (Phi) is 6.25. The average Bonchev–Trinajstić information content (AvgIpc) is 2.88. The second kappa shape index (κ2) is 9.47. The first-order valence-electron chi connectivity index (χ1n) is 10.3. The number of hydrogen-bond donors (Lipinski definition) is 4. The van der Waals surface area contributed by atoms with E-state index in [1.165, 1.54) is 36.7 Å². The van der Waals surface area contributed by atoms with Gasteiger partial charge >= 0.3 is 23.9 Å². The van der Waals surface area contributed by atoms with E-state index < -0.39 is 23.9 Å². The van der Waals surface area contributed by atoms with Crippen molar-refractivity contribution >= 4 is 23.9 Å². The monoisotopic (exact) mass is 484 g/mol. The van der Waals surface area contributed by atoms with Crippen molar-refractivity contribution in [2.75, 3.05) is 0 Å². The Morgan fingerprint density at radius 3 is 1.14 bits per heavy atom. The number of benzene rings is 3. The molecule has 1 aromatic heterocycles. The van der Waals surface area contributed by atoms with Crippen molar-refractivity contribution < 1.29 is 39.6 Å². The molecule has 0 aliphatic rings. The fourth-order valence-corrected chi connectivity index (χ4v) is 3.53. The average molecular weight is 484 g/mol. The molecule has 0 atom stereocenters. The summed E-state index contributed by atoms with van der Waals surface area (Å²) >= 11 is 0. The second-order valence-corrected chi connectivity index (χ2v) is 7.69. The van der Waals surface area contributed by atoms with Crippen LogP contribution in [-0.4, -0.2) is 54.3 Å². The van der Waals surface area contributed by atoms with Gasteiger partial charge in [-0.15, -0.1) is 0 Å². The topological polar surface area (TPSA) is 175 Å². The Morgan fingerprint density at radius 1 is 0.444 bits per heavy atom. The van der Waals surface area contributed by atoms with Gasteiger partial charge in [-0.3, -0.25) is 0 Å². The van der Waals surface area contributed by atoms with Gasteiger partial charge in [0, 0.05) is 23.5 Å². The molecule has 3 aromatic carbocycles. The minimum Gasteiger partial charge on any atom is -0.478 e. The highest BCUT2D eigenvalue weighted by Crippen LogP contribution is 2.27. The molecular weight excluding hydrogens is 468 g/mol. The molecule has 0 unspecified atom stereocenters. The summed E-state index contributed by atoms with van der Waals surface area (Å²) in [6.07, 6.45) is 3.00. The maximum atomic E-state index is 11.4. The van der Waals surface area contributed by atoms with Crippen molar-refractivity contribution in [1.82, 2.24) is 9.97 Å². The van der Waals surface area contributed by atoms with Crippen molar-refractivity contribution in [3.8, 4) is 33.6 Å². The van der Waals surface area contributed by atoms with E-state index in [4.69, 9.17) is 0 Å². The molecule has 0 aliphatic carbocycles. The van der Waals surface area contributed by atoms with Gasteiger partial charge < -0.3 is 20.4 Å². The molecule has 178 valence electrons. The number of aromatic nitrogens is 2. The Labute approximate surface area is 202 Å². The molecule has 10 nitrogen and oxygen atoms in total. The van der Waals surface area contributed by atoms with Gasteiger partial charge in [0.25, 0.3) is 0 Å². The van der Waals surface area contributed by atoms with Crippen LogP contribution in [0.5, 0.6) is 0 Å². The molecule has 10 heteroatoms. The fourth-order valence-electron chi connectivity index (χ4n) is 3.53. The van der Waals surface area contributed by atoms with E-state index in [1.54, 1.807) is 24.3 Å². The van der Waals surface area contributed by atoms with E-state index in [1.807, 2.05) is 0 Å². The molecule has 0 radical (unpaired) electrons. The maximum Gasteiger partial charge on any atom is 0.335 e. The Bertz CT molecular complexity index is 1350. The number of carboxylic acid groups (broad SMARTS) is 4. The summed E-state index contributed by atoms with van der Waals surface area (Å²) in [6, 6.07) is 14.4. The molecule has 0 bridgehead atoms. The number of hydrogen-bond acceptors (Lipinski definition) is 6. The summed E-state index contributed by atoms with van der Waals surface area (Å²) in [7, 11) is 0. The summed E-state index contributed by atoms with van der Waals surface area (Å²) in [5.41, 5.74) is 1.91. The smallest absolute Gasteiger partial charge is 0.335 e. The van der Waals surface area contributed by atoms with Gasteiger partial charge in [-0.05, 0) is 53.1 Å². The molecule has 0 fully saturated rings. The lowest BCUT2D eigenvalue weighted by Crippen LogP contribution is -2.03. The van der Waals surface area contributed by atoms with Crippen LogP contribution in [0.25, 0.3) is 33.6 Å². The third-order valence-electron chi connectivity index (χ3n) is 5.32. The molecule has 1 heterocycles. The normalized spacial score (nSPS) is 10.6. The highest BCUT2D eigenvalue weighted by atomic mass is 16.4. The summed E-state index contributed by atoms with van der Waals surface area (Å²) in [5, 5.41) is 37.1. The molecule has 4 aromatic rings. The summed E-state index contributed by atoms with van der Waals surface area (Å²) < 4.78 is 0. The van der Waals surface area contributed by atoms with E-state index in [-0.39, 0.29) is 33.6 Å². The van der Waals surface area contributed by atoms with E-state index in [9.17, 15) is 39.6 Å². The Hall–Kier alpha value is -5.38. The minimum atomic E-state index is -1.28. The summed E-state index contributed by atoms with van der Waals surface area (Å²) in [6.45, 7) is 0. The predicted octanol–water partition coefficient (Wildman–Crippen LogP) is 4.27. The van der Waals surface area contributed by atoms with Gasteiger partial charge in [0.2, 0.25) is 0 Å². The van der Waals surface area contributed by atoms with Crippen LogP contribution in [0.4, 0.5) is 0 Å². The molecule has 0 saturated carbocycles. The first-order valence-corrected chi connectivity index (χ1v) is 10.3.